The fourth-order valence-electron chi connectivity index (χ4n) is 2.07. The molecule has 0 aliphatic rings. The van der Waals surface area contributed by atoms with Crippen molar-refractivity contribution in [1.82, 2.24) is 0 Å². The quantitative estimate of drug-likeness (QED) is 0.515. The number of unbranched alkanes of at least 4 members (excludes halogenated alkanes) is 2. The predicted octanol–water partition coefficient (Wildman–Crippen LogP) is 5.77. The van der Waals surface area contributed by atoms with Crippen molar-refractivity contribution in [2.24, 2.45) is 0 Å². The van der Waals surface area contributed by atoms with Crippen LogP contribution in [0.2, 0.25) is 30.4 Å². The minimum atomic E-state index is -1.87. The summed E-state index contributed by atoms with van der Waals surface area (Å²) < 4.78 is 9.46. The SMILES string of the molecule is CCC[CH2][Ti]([CH3])([CH2]CCC)[O][Ti]([CH3])([CH3])[CH3]. The third-order valence-electron chi connectivity index (χ3n) is 2.67. The van der Waals surface area contributed by atoms with Gasteiger partial charge >= 0.3 is 106 Å². The van der Waals surface area contributed by atoms with E-state index >= 15 is 0 Å². The zero-order chi connectivity index (χ0) is 11.9. The van der Waals surface area contributed by atoms with Crippen molar-refractivity contribution in [3.8, 4) is 0 Å². The van der Waals surface area contributed by atoms with Gasteiger partial charge in [-0.15, -0.1) is 0 Å². The van der Waals surface area contributed by atoms with Crippen molar-refractivity contribution in [2.75, 3.05) is 0 Å². The topological polar surface area (TPSA) is 9.23 Å². The van der Waals surface area contributed by atoms with Crippen molar-refractivity contribution in [2.45, 2.75) is 69.9 Å². The van der Waals surface area contributed by atoms with Gasteiger partial charge < -0.3 is 0 Å². The van der Waals surface area contributed by atoms with E-state index < -0.39 is 34.0 Å². The van der Waals surface area contributed by atoms with Crippen LogP contribution in [0.15, 0.2) is 0 Å². The summed E-state index contributed by atoms with van der Waals surface area (Å²) in [6.45, 7) is 4.59. The van der Waals surface area contributed by atoms with Crippen LogP contribution in [-0.2, 0) is 35.9 Å². The molecule has 0 aromatic heterocycles. The predicted molar refractivity (Wildman–Crippen MR) is 64.0 cm³/mol. The summed E-state index contributed by atoms with van der Waals surface area (Å²) in [4.78, 5) is 0. The Balaban J connectivity index is 4.26. The van der Waals surface area contributed by atoms with E-state index in [1.54, 1.807) is 0 Å². The van der Waals surface area contributed by atoms with Crippen molar-refractivity contribution in [3.63, 3.8) is 0 Å². The standard InChI is InChI=1S/2C4H9.4CH3.O.2Ti/c2*1-3-4-2;;;;;;;/h2*1,3-4H2,2H3;4*1H3;;;. The molecule has 0 unspecified atom stereocenters. The van der Waals surface area contributed by atoms with Gasteiger partial charge in [-0.2, -0.15) is 0 Å². The van der Waals surface area contributed by atoms with Crippen LogP contribution in [0.4, 0.5) is 0 Å². The van der Waals surface area contributed by atoms with Crippen molar-refractivity contribution in [3.05, 3.63) is 0 Å². The van der Waals surface area contributed by atoms with Gasteiger partial charge in [0.15, 0.2) is 0 Å². The zero-order valence-corrected chi connectivity index (χ0v) is 14.8. The Labute approximate surface area is 105 Å². The fraction of sp³-hybridized carbons (Fsp3) is 1.00. The summed E-state index contributed by atoms with van der Waals surface area (Å²) in [7, 11) is 0. The Hall–Kier alpha value is 1.39. The van der Waals surface area contributed by atoms with E-state index in [1.165, 1.54) is 35.1 Å². The second kappa shape index (κ2) is 7.66. The van der Waals surface area contributed by atoms with Gasteiger partial charge in [-0.3, -0.25) is 0 Å². The van der Waals surface area contributed by atoms with Gasteiger partial charge in [0.1, 0.15) is 0 Å². The molecule has 0 radical (unpaired) electrons. The third-order valence-corrected chi connectivity index (χ3v) is 15.9. The zero-order valence-electron chi connectivity index (χ0n) is 11.7. The first kappa shape index (κ1) is 16.4. The van der Waals surface area contributed by atoms with Crippen molar-refractivity contribution < 1.29 is 35.9 Å². The molecule has 0 rings (SSSR count). The van der Waals surface area contributed by atoms with E-state index in [4.69, 9.17) is 1.90 Å². The number of hydrogen-bond acceptors (Lipinski definition) is 1. The van der Waals surface area contributed by atoms with Crippen LogP contribution in [0.25, 0.3) is 0 Å². The van der Waals surface area contributed by atoms with Crippen LogP contribution in [0.5, 0.6) is 0 Å². The Morgan fingerprint density at radius 2 is 1.20 bits per heavy atom. The van der Waals surface area contributed by atoms with Crippen LogP contribution in [-0.4, -0.2) is 0 Å². The molecule has 1 nitrogen and oxygen atoms in total. The molecule has 0 aliphatic carbocycles. The molecule has 0 amide bonds. The van der Waals surface area contributed by atoms with Crippen LogP contribution in [0.3, 0.4) is 0 Å². The number of hydrogen-bond donors (Lipinski definition) is 0. The Morgan fingerprint density at radius 1 is 0.800 bits per heavy atom. The van der Waals surface area contributed by atoms with E-state index in [0.29, 0.717) is 0 Å². The van der Waals surface area contributed by atoms with Crippen LogP contribution >= 0.6 is 0 Å². The van der Waals surface area contributed by atoms with Gasteiger partial charge in [-0.05, 0) is 0 Å². The molecule has 0 spiro atoms. The molecule has 0 fully saturated rings. The van der Waals surface area contributed by atoms with Crippen LogP contribution < -0.4 is 0 Å². The molecule has 92 valence electrons. The molecule has 3 heteroatoms. The summed E-state index contributed by atoms with van der Waals surface area (Å²) in [5.41, 5.74) is 0. The first-order valence-electron chi connectivity index (χ1n) is 6.53. The Morgan fingerprint density at radius 3 is 1.47 bits per heavy atom. The van der Waals surface area contributed by atoms with Gasteiger partial charge in [0, 0.05) is 0 Å². The van der Waals surface area contributed by atoms with Gasteiger partial charge in [0.2, 0.25) is 0 Å². The molecule has 15 heavy (non-hydrogen) atoms. The van der Waals surface area contributed by atoms with E-state index in [0.717, 1.165) is 0 Å². The first-order chi connectivity index (χ1) is 6.83. The van der Waals surface area contributed by atoms with Gasteiger partial charge in [0.05, 0.1) is 0 Å². The van der Waals surface area contributed by atoms with Gasteiger partial charge in [-0.25, -0.2) is 0 Å². The molecular formula is C12H30OTi2. The molecule has 0 N–H and O–H groups in total. The van der Waals surface area contributed by atoms with E-state index in [9.17, 15) is 0 Å². The minimum absolute atomic E-state index is 1.33. The summed E-state index contributed by atoms with van der Waals surface area (Å²) in [5.74, 6) is 0. The molecule has 0 bridgehead atoms. The average Bonchev–Trinajstić information content (AvgIpc) is 2.09. The van der Waals surface area contributed by atoms with Gasteiger partial charge in [0.25, 0.3) is 0 Å². The normalized spacial score (nSPS) is 13.2. The summed E-state index contributed by atoms with van der Waals surface area (Å²) in [6, 6.07) is 0. The van der Waals surface area contributed by atoms with Crippen molar-refractivity contribution >= 4 is 0 Å². The maximum atomic E-state index is 6.60. The second-order valence-electron chi connectivity index (χ2n) is 5.87. The Bertz CT molecular complexity index is 155. The summed E-state index contributed by atoms with van der Waals surface area (Å²) in [5, 5.41) is 9.69. The van der Waals surface area contributed by atoms with E-state index in [2.05, 4.69) is 34.8 Å². The van der Waals surface area contributed by atoms with Crippen LogP contribution in [0, 0.1) is 0 Å². The monoisotopic (exact) mass is 286 g/mol. The first-order valence-corrected chi connectivity index (χ1v) is 16.3. The molecule has 0 atom stereocenters. The maximum absolute atomic E-state index is 6.60. The molecule has 0 aliphatic heterocycles. The Kier molecular flexibility index (Phi) is 8.37. The van der Waals surface area contributed by atoms with Crippen molar-refractivity contribution in [1.29, 1.82) is 0 Å². The average molecular weight is 286 g/mol. The fourth-order valence-corrected chi connectivity index (χ4v) is 19.4. The molecule has 0 aromatic carbocycles. The van der Waals surface area contributed by atoms with Crippen LogP contribution in [0.1, 0.15) is 39.5 Å². The molecule has 0 saturated carbocycles. The molecule has 0 saturated heterocycles. The third kappa shape index (κ3) is 9.12. The van der Waals surface area contributed by atoms with E-state index in [1.807, 2.05) is 0 Å². The second-order valence-corrected chi connectivity index (χ2v) is 20.2. The molecule has 0 heterocycles. The molecule has 0 aromatic rings. The molecular weight excluding hydrogens is 256 g/mol. The van der Waals surface area contributed by atoms with E-state index in [-0.39, 0.29) is 0 Å². The summed E-state index contributed by atoms with van der Waals surface area (Å²) in [6.07, 6.45) is 5.43. The van der Waals surface area contributed by atoms with Gasteiger partial charge in [-0.1, -0.05) is 0 Å². The summed E-state index contributed by atoms with van der Waals surface area (Å²) >= 11 is -3.66. The number of rotatable bonds is 8.